The van der Waals surface area contributed by atoms with E-state index in [1.165, 1.54) is 11.1 Å². The Morgan fingerprint density at radius 2 is 1.80 bits per heavy atom. The number of rotatable bonds is 8. The van der Waals surface area contributed by atoms with E-state index in [0.29, 0.717) is 6.61 Å². The van der Waals surface area contributed by atoms with E-state index in [-0.39, 0.29) is 0 Å². The third-order valence-electron chi connectivity index (χ3n) is 4.02. The average Bonchev–Trinajstić information content (AvgIpc) is 3.02. The minimum absolute atomic E-state index is 0.579. The van der Waals surface area contributed by atoms with Gasteiger partial charge in [0.15, 0.2) is 0 Å². The number of aryl methyl sites for hydroxylation is 1. The lowest BCUT2D eigenvalue weighted by atomic mass is 10.1. The fourth-order valence-electron chi connectivity index (χ4n) is 2.76. The van der Waals surface area contributed by atoms with E-state index >= 15 is 0 Å². The fraction of sp³-hybridized carbons (Fsp3) is 0.286. The molecule has 2 aromatic carbocycles. The number of hydrogen-bond donors (Lipinski definition) is 1. The van der Waals surface area contributed by atoms with Crippen LogP contribution in [-0.4, -0.2) is 16.3 Å². The lowest BCUT2D eigenvalue weighted by molar-refractivity contribution is 0.306. The smallest absolute Gasteiger partial charge is 0.119 e. The van der Waals surface area contributed by atoms with Crippen LogP contribution in [0.1, 0.15) is 24.5 Å². The minimum Gasteiger partial charge on any atom is -0.489 e. The first kappa shape index (κ1) is 17.2. The molecule has 1 aromatic heterocycles. The van der Waals surface area contributed by atoms with Gasteiger partial charge in [-0.25, -0.2) is 0 Å². The molecule has 0 aliphatic heterocycles. The van der Waals surface area contributed by atoms with Crippen LogP contribution < -0.4 is 10.1 Å². The van der Waals surface area contributed by atoms with Gasteiger partial charge in [0.1, 0.15) is 12.4 Å². The summed E-state index contributed by atoms with van der Waals surface area (Å²) in [6.45, 7) is 4.60. The Kier molecular flexibility index (Phi) is 5.86. The zero-order chi connectivity index (χ0) is 17.5. The van der Waals surface area contributed by atoms with Crippen molar-refractivity contribution in [3.63, 3.8) is 0 Å². The molecule has 1 N–H and O–H groups in total. The van der Waals surface area contributed by atoms with Crippen molar-refractivity contribution >= 4 is 0 Å². The van der Waals surface area contributed by atoms with Crippen molar-refractivity contribution in [2.45, 2.75) is 26.5 Å². The van der Waals surface area contributed by atoms with Crippen LogP contribution in [0.25, 0.3) is 11.3 Å². The zero-order valence-electron chi connectivity index (χ0n) is 14.9. The van der Waals surface area contributed by atoms with Gasteiger partial charge >= 0.3 is 0 Å². The summed E-state index contributed by atoms with van der Waals surface area (Å²) in [6.07, 6.45) is 3.21. The molecule has 0 bridgehead atoms. The van der Waals surface area contributed by atoms with Gasteiger partial charge < -0.3 is 10.1 Å². The summed E-state index contributed by atoms with van der Waals surface area (Å²) in [5, 5.41) is 8.07. The van der Waals surface area contributed by atoms with Crippen LogP contribution in [-0.2, 0) is 20.2 Å². The van der Waals surface area contributed by atoms with Crippen molar-refractivity contribution in [2.75, 3.05) is 6.54 Å². The molecule has 25 heavy (non-hydrogen) atoms. The van der Waals surface area contributed by atoms with Crippen molar-refractivity contribution in [3.05, 3.63) is 71.9 Å². The molecule has 0 unspecified atom stereocenters. The van der Waals surface area contributed by atoms with Crippen molar-refractivity contribution in [2.24, 2.45) is 7.05 Å². The Balaban J connectivity index is 1.67. The van der Waals surface area contributed by atoms with E-state index in [9.17, 15) is 0 Å². The SMILES string of the molecule is CCCNCc1cn(C)nc1-c1ccc(OCc2ccccc2)cc1. The zero-order valence-corrected chi connectivity index (χ0v) is 14.9. The van der Waals surface area contributed by atoms with Crippen LogP contribution in [0.4, 0.5) is 0 Å². The van der Waals surface area contributed by atoms with Gasteiger partial charge in [-0.05, 0) is 42.8 Å². The molecular weight excluding hydrogens is 310 g/mol. The summed E-state index contributed by atoms with van der Waals surface area (Å²) in [5.41, 5.74) is 4.52. The van der Waals surface area contributed by atoms with Crippen molar-refractivity contribution in [1.29, 1.82) is 0 Å². The highest BCUT2D eigenvalue weighted by atomic mass is 16.5. The van der Waals surface area contributed by atoms with Crippen molar-refractivity contribution < 1.29 is 4.74 Å². The molecule has 0 atom stereocenters. The highest BCUT2D eigenvalue weighted by Gasteiger charge is 2.10. The molecule has 0 saturated carbocycles. The van der Waals surface area contributed by atoms with Crippen LogP contribution in [0.2, 0.25) is 0 Å². The van der Waals surface area contributed by atoms with Crippen LogP contribution >= 0.6 is 0 Å². The lowest BCUT2D eigenvalue weighted by Gasteiger charge is -2.08. The molecule has 0 fully saturated rings. The molecule has 4 nitrogen and oxygen atoms in total. The van der Waals surface area contributed by atoms with Gasteiger partial charge in [0.25, 0.3) is 0 Å². The van der Waals surface area contributed by atoms with Gasteiger partial charge in [0, 0.05) is 30.9 Å². The molecule has 3 aromatic rings. The van der Waals surface area contributed by atoms with Crippen LogP contribution in [0.15, 0.2) is 60.8 Å². The minimum atomic E-state index is 0.579. The van der Waals surface area contributed by atoms with E-state index in [2.05, 4.69) is 47.8 Å². The van der Waals surface area contributed by atoms with Crippen molar-refractivity contribution in [3.8, 4) is 17.0 Å². The normalized spacial score (nSPS) is 10.8. The quantitative estimate of drug-likeness (QED) is 0.628. The van der Waals surface area contributed by atoms with Crippen LogP contribution in [0.5, 0.6) is 5.75 Å². The molecule has 1 heterocycles. The molecular formula is C21H25N3O. The third-order valence-corrected chi connectivity index (χ3v) is 4.02. The molecule has 0 saturated heterocycles. The standard InChI is InChI=1S/C21H25N3O/c1-3-13-22-14-19-15-24(2)23-21(19)18-9-11-20(12-10-18)25-16-17-7-5-4-6-8-17/h4-12,15,22H,3,13-14,16H2,1-2H3. The summed E-state index contributed by atoms with van der Waals surface area (Å²) in [7, 11) is 1.96. The maximum absolute atomic E-state index is 5.86. The first-order valence-corrected chi connectivity index (χ1v) is 8.76. The monoisotopic (exact) mass is 335 g/mol. The largest absolute Gasteiger partial charge is 0.489 e. The number of aromatic nitrogens is 2. The Morgan fingerprint density at radius 1 is 1.04 bits per heavy atom. The summed E-state index contributed by atoms with van der Waals surface area (Å²) in [5.74, 6) is 0.870. The molecule has 0 aliphatic carbocycles. The summed E-state index contributed by atoms with van der Waals surface area (Å²) in [4.78, 5) is 0. The predicted molar refractivity (Wildman–Crippen MR) is 101 cm³/mol. The second-order valence-electron chi connectivity index (χ2n) is 6.15. The molecule has 0 spiro atoms. The second-order valence-corrected chi connectivity index (χ2v) is 6.15. The Labute approximate surface area is 149 Å². The van der Waals surface area contributed by atoms with Gasteiger partial charge in [-0.15, -0.1) is 0 Å². The highest BCUT2D eigenvalue weighted by Crippen LogP contribution is 2.24. The van der Waals surface area contributed by atoms with Gasteiger partial charge in [-0.2, -0.15) is 5.10 Å². The molecule has 130 valence electrons. The van der Waals surface area contributed by atoms with E-state index in [4.69, 9.17) is 4.74 Å². The average molecular weight is 335 g/mol. The van der Waals surface area contributed by atoms with E-state index in [1.807, 2.05) is 42.1 Å². The number of ether oxygens (including phenoxy) is 1. The van der Waals surface area contributed by atoms with Crippen molar-refractivity contribution in [1.82, 2.24) is 15.1 Å². The number of hydrogen-bond acceptors (Lipinski definition) is 3. The Bertz CT molecular complexity index is 779. The predicted octanol–water partition coefficient (Wildman–Crippen LogP) is 4.17. The second kappa shape index (κ2) is 8.49. The summed E-state index contributed by atoms with van der Waals surface area (Å²) >= 11 is 0. The van der Waals surface area contributed by atoms with Gasteiger partial charge in [0.05, 0.1) is 5.69 Å². The Hall–Kier alpha value is -2.59. The number of nitrogens with one attached hydrogen (secondary N) is 1. The first-order valence-electron chi connectivity index (χ1n) is 8.76. The lowest BCUT2D eigenvalue weighted by Crippen LogP contribution is -2.13. The number of benzene rings is 2. The molecule has 0 aliphatic rings. The summed E-state index contributed by atoms with van der Waals surface area (Å²) in [6, 6.07) is 18.4. The maximum Gasteiger partial charge on any atom is 0.119 e. The third kappa shape index (κ3) is 4.70. The van der Waals surface area contributed by atoms with E-state index < -0.39 is 0 Å². The van der Waals surface area contributed by atoms with Crippen LogP contribution in [0, 0.1) is 0 Å². The topological polar surface area (TPSA) is 39.1 Å². The molecule has 4 heteroatoms. The van der Waals surface area contributed by atoms with E-state index in [1.54, 1.807) is 0 Å². The molecule has 0 amide bonds. The van der Waals surface area contributed by atoms with Gasteiger partial charge in [-0.3, -0.25) is 4.68 Å². The highest BCUT2D eigenvalue weighted by molar-refractivity contribution is 5.63. The fourth-order valence-corrected chi connectivity index (χ4v) is 2.76. The molecule has 0 radical (unpaired) electrons. The number of nitrogens with zero attached hydrogens (tertiary/aromatic N) is 2. The van der Waals surface area contributed by atoms with Gasteiger partial charge in [0.2, 0.25) is 0 Å². The summed E-state index contributed by atoms with van der Waals surface area (Å²) < 4.78 is 7.73. The maximum atomic E-state index is 5.86. The van der Waals surface area contributed by atoms with Gasteiger partial charge in [-0.1, -0.05) is 37.3 Å². The Morgan fingerprint density at radius 3 is 2.52 bits per heavy atom. The molecule has 3 rings (SSSR count). The van der Waals surface area contributed by atoms with Crippen LogP contribution in [0.3, 0.4) is 0 Å². The van der Waals surface area contributed by atoms with E-state index in [0.717, 1.165) is 36.5 Å². The first-order chi connectivity index (χ1) is 12.3.